The van der Waals surface area contributed by atoms with Crippen molar-refractivity contribution < 1.29 is 14.3 Å². The lowest BCUT2D eigenvalue weighted by Crippen LogP contribution is -2.47. The van der Waals surface area contributed by atoms with Crippen molar-refractivity contribution in [2.75, 3.05) is 6.61 Å². The summed E-state index contributed by atoms with van der Waals surface area (Å²) >= 11 is 0. The first kappa shape index (κ1) is 9.25. The molecule has 1 aliphatic heterocycles. The molecule has 0 spiro atoms. The molecule has 4 nitrogen and oxygen atoms in total. The van der Waals surface area contributed by atoms with Crippen molar-refractivity contribution >= 4 is 19.9 Å². The van der Waals surface area contributed by atoms with Gasteiger partial charge < -0.3 is 14.4 Å². The van der Waals surface area contributed by atoms with Gasteiger partial charge in [0, 0.05) is 0 Å². The lowest BCUT2D eigenvalue weighted by Gasteiger charge is -2.31. The van der Waals surface area contributed by atoms with E-state index in [0.717, 1.165) is 6.29 Å². The highest BCUT2D eigenvalue weighted by atomic mass is 16.5. The minimum Gasteiger partial charge on any atom is -0.354 e. The van der Waals surface area contributed by atoms with Crippen LogP contribution in [0.1, 0.15) is 13.8 Å². The van der Waals surface area contributed by atoms with Crippen LogP contribution >= 0.6 is 0 Å². The molecule has 0 aromatic carbocycles. The van der Waals surface area contributed by atoms with Crippen LogP contribution in [0.2, 0.25) is 0 Å². The molecule has 1 heterocycles. The predicted octanol–water partition coefficient (Wildman–Crippen LogP) is -0.625. The van der Waals surface area contributed by atoms with E-state index >= 15 is 0 Å². The van der Waals surface area contributed by atoms with E-state index < -0.39 is 11.8 Å². The first-order valence-corrected chi connectivity index (χ1v) is 3.88. The number of aldehydes is 1. The lowest BCUT2D eigenvalue weighted by molar-refractivity contribution is -0.111. The fraction of sp³-hybridized carbons (Fsp3) is 0.714. The van der Waals surface area contributed by atoms with Crippen LogP contribution in [0.3, 0.4) is 0 Å². The van der Waals surface area contributed by atoms with E-state index in [1.165, 1.54) is 12.7 Å². The average Bonchev–Trinajstić information content (AvgIpc) is 2.24. The van der Waals surface area contributed by atoms with Crippen LogP contribution in [-0.2, 0) is 9.53 Å². The topological polar surface area (TPSA) is 46.6 Å². The van der Waals surface area contributed by atoms with Crippen LogP contribution in [0, 0.1) is 0 Å². The zero-order valence-corrected chi connectivity index (χ0v) is 7.53. The third kappa shape index (κ3) is 1.36. The number of hydrogen-bond donors (Lipinski definition) is 0. The van der Waals surface area contributed by atoms with Crippen molar-refractivity contribution in [2.45, 2.75) is 25.6 Å². The quantitative estimate of drug-likeness (QED) is 0.388. The maximum Gasteiger partial charge on any atom is 0.216 e. The van der Waals surface area contributed by atoms with Crippen molar-refractivity contribution in [2.24, 2.45) is 0 Å². The van der Waals surface area contributed by atoms with E-state index in [0.29, 0.717) is 6.61 Å². The molecule has 0 bridgehead atoms. The van der Waals surface area contributed by atoms with Gasteiger partial charge in [0.25, 0.3) is 0 Å². The zero-order chi connectivity index (χ0) is 9.35. The number of carbonyl (C=O) groups is 2. The maximum absolute atomic E-state index is 11.1. The Morgan fingerprint density at radius 2 is 2.33 bits per heavy atom. The molecule has 0 aromatic rings. The van der Waals surface area contributed by atoms with Gasteiger partial charge in [0.05, 0.1) is 6.61 Å². The standard InChI is InChI=1S/C7H12BNO3/c1-7(2)9(6(8)11)5(3-10)4-12-7/h3,5H,4,8H2,1-2H3/t5-/m1/s1. The normalized spacial score (nSPS) is 27.2. The molecule has 1 aliphatic rings. The molecule has 0 aliphatic carbocycles. The highest BCUT2D eigenvalue weighted by molar-refractivity contribution is 6.57. The van der Waals surface area contributed by atoms with Crippen molar-refractivity contribution in [3.05, 3.63) is 0 Å². The molecule has 0 aromatic heterocycles. The van der Waals surface area contributed by atoms with E-state index in [4.69, 9.17) is 4.74 Å². The van der Waals surface area contributed by atoms with Crippen LogP contribution in [0.25, 0.3) is 0 Å². The molecule has 1 saturated heterocycles. The Morgan fingerprint density at radius 3 is 2.67 bits per heavy atom. The molecule has 1 atom stereocenters. The second-order valence-corrected chi connectivity index (χ2v) is 3.35. The fourth-order valence-electron chi connectivity index (χ4n) is 1.55. The number of ether oxygens (including phenoxy) is 1. The summed E-state index contributed by atoms with van der Waals surface area (Å²) in [6.45, 7) is 3.85. The summed E-state index contributed by atoms with van der Waals surface area (Å²) in [6, 6.07) is -0.419. The number of nitrogens with zero attached hydrogens (tertiary/aromatic N) is 1. The molecule has 5 heteroatoms. The monoisotopic (exact) mass is 169 g/mol. The summed E-state index contributed by atoms with van der Waals surface area (Å²) in [5.41, 5.74) is -0.641. The molecular weight excluding hydrogens is 157 g/mol. The van der Waals surface area contributed by atoms with E-state index in [-0.39, 0.29) is 5.81 Å². The van der Waals surface area contributed by atoms with Crippen molar-refractivity contribution in [1.29, 1.82) is 0 Å². The first-order valence-electron chi connectivity index (χ1n) is 3.88. The van der Waals surface area contributed by atoms with Gasteiger partial charge in [0.2, 0.25) is 7.85 Å². The summed E-state index contributed by atoms with van der Waals surface area (Å²) in [5.74, 6) is -0.130. The van der Waals surface area contributed by atoms with Crippen molar-refractivity contribution in [3.8, 4) is 0 Å². The van der Waals surface area contributed by atoms with Gasteiger partial charge in [-0.2, -0.15) is 0 Å². The van der Waals surface area contributed by atoms with Gasteiger partial charge in [0.1, 0.15) is 18.1 Å². The van der Waals surface area contributed by atoms with E-state index in [2.05, 4.69) is 0 Å². The van der Waals surface area contributed by atoms with E-state index in [1.807, 2.05) is 0 Å². The molecule has 0 N–H and O–H groups in total. The fourth-order valence-corrected chi connectivity index (χ4v) is 1.55. The Labute approximate surface area is 72.3 Å². The summed E-state index contributed by atoms with van der Waals surface area (Å²) < 4.78 is 5.29. The maximum atomic E-state index is 11.1. The van der Waals surface area contributed by atoms with Crippen molar-refractivity contribution in [3.63, 3.8) is 0 Å². The van der Waals surface area contributed by atoms with Gasteiger partial charge >= 0.3 is 0 Å². The summed E-state index contributed by atoms with van der Waals surface area (Å²) in [6.07, 6.45) is 0.746. The van der Waals surface area contributed by atoms with Gasteiger partial charge in [0.15, 0.2) is 5.81 Å². The molecular formula is C7H12BNO3. The second-order valence-electron chi connectivity index (χ2n) is 3.35. The van der Waals surface area contributed by atoms with Gasteiger partial charge in [-0.1, -0.05) is 0 Å². The molecule has 66 valence electrons. The van der Waals surface area contributed by atoms with Crippen LogP contribution in [-0.4, -0.2) is 43.2 Å². The van der Waals surface area contributed by atoms with Crippen molar-refractivity contribution in [1.82, 2.24) is 4.90 Å². The molecule has 1 fully saturated rings. The average molecular weight is 169 g/mol. The lowest BCUT2D eigenvalue weighted by atomic mass is 10.0. The Morgan fingerprint density at radius 1 is 1.75 bits per heavy atom. The van der Waals surface area contributed by atoms with Gasteiger partial charge in [-0.05, 0) is 13.8 Å². The number of rotatable bonds is 1. The Balaban J connectivity index is 2.87. The smallest absolute Gasteiger partial charge is 0.216 e. The third-order valence-corrected chi connectivity index (χ3v) is 2.02. The van der Waals surface area contributed by atoms with Gasteiger partial charge in [-0.3, -0.25) is 4.79 Å². The molecule has 1 amide bonds. The minimum atomic E-state index is -0.641. The molecule has 0 saturated carbocycles. The number of hydrogen-bond acceptors (Lipinski definition) is 3. The van der Waals surface area contributed by atoms with Gasteiger partial charge in [-0.15, -0.1) is 0 Å². The Bertz CT molecular complexity index is 217. The zero-order valence-electron chi connectivity index (χ0n) is 7.53. The second kappa shape index (κ2) is 2.90. The molecule has 12 heavy (non-hydrogen) atoms. The Hall–Kier alpha value is -0.835. The molecule has 1 rings (SSSR count). The molecule has 0 radical (unpaired) electrons. The van der Waals surface area contributed by atoms with Crippen LogP contribution in [0.15, 0.2) is 0 Å². The SMILES string of the molecule is BC(=O)N1[C@H](C=O)COC1(C)C. The van der Waals surface area contributed by atoms with Gasteiger partial charge in [-0.25, -0.2) is 0 Å². The van der Waals surface area contributed by atoms with Crippen LogP contribution in [0.4, 0.5) is 4.79 Å². The van der Waals surface area contributed by atoms with E-state index in [1.54, 1.807) is 13.8 Å². The summed E-state index contributed by atoms with van der Waals surface area (Å²) in [4.78, 5) is 23.1. The molecule has 0 unspecified atom stereocenters. The van der Waals surface area contributed by atoms with Crippen LogP contribution < -0.4 is 0 Å². The number of amides is 1. The summed E-state index contributed by atoms with van der Waals surface area (Å²) in [7, 11) is 1.44. The van der Waals surface area contributed by atoms with E-state index in [9.17, 15) is 9.59 Å². The largest absolute Gasteiger partial charge is 0.354 e. The predicted molar refractivity (Wildman–Crippen MR) is 45.7 cm³/mol. The Kier molecular flexibility index (Phi) is 2.23. The van der Waals surface area contributed by atoms with Crippen LogP contribution in [0.5, 0.6) is 0 Å². The highest BCUT2D eigenvalue weighted by Crippen LogP contribution is 2.25. The highest BCUT2D eigenvalue weighted by Gasteiger charge is 2.41. The first-order chi connectivity index (χ1) is 5.49. The number of carbonyl (C=O) groups excluding carboxylic acids is 2. The summed E-state index contributed by atoms with van der Waals surface area (Å²) in [5, 5.41) is 0. The minimum absolute atomic E-state index is 0.130. The third-order valence-electron chi connectivity index (χ3n) is 2.02.